The minimum Gasteiger partial charge on any atom is -0.478 e. The second-order valence-electron chi connectivity index (χ2n) is 4.76. The van der Waals surface area contributed by atoms with Gasteiger partial charge in [0, 0.05) is 11.5 Å². The lowest BCUT2D eigenvalue weighted by Crippen LogP contribution is -2.20. The van der Waals surface area contributed by atoms with Crippen LogP contribution in [0.4, 0.5) is 0 Å². The molecule has 0 amide bonds. The minimum absolute atomic E-state index is 0.0504. The normalized spacial score (nSPS) is 38.4. The second kappa shape index (κ2) is 3.92. The number of ether oxygens (including phenoxy) is 1. The van der Waals surface area contributed by atoms with Gasteiger partial charge in [0.05, 0.1) is 5.92 Å². The molecule has 0 unspecified atom stereocenters. The third-order valence-corrected chi connectivity index (χ3v) is 3.73. The first-order valence-electron chi connectivity index (χ1n) is 5.64. The summed E-state index contributed by atoms with van der Waals surface area (Å²) in [6, 6.07) is 0. The molecule has 0 aromatic rings. The van der Waals surface area contributed by atoms with Crippen molar-refractivity contribution in [1.82, 2.24) is 0 Å². The average Bonchev–Trinajstić information content (AvgIpc) is 2.38. The van der Waals surface area contributed by atoms with Crippen LogP contribution in [-0.4, -0.2) is 23.1 Å². The molecule has 2 aliphatic rings. The van der Waals surface area contributed by atoms with Crippen LogP contribution in [0.15, 0.2) is 11.6 Å². The smallest absolute Gasteiger partial charge is 0.331 e. The first-order valence-corrected chi connectivity index (χ1v) is 5.64. The first kappa shape index (κ1) is 11.2. The van der Waals surface area contributed by atoms with E-state index in [0.29, 0.717) is 18.4 Å². The van der Waals surface area contributed by atoms with Crippen molar-refractivity contribution in [2.45, 2.75) is 32.8 Å². The van der Waals surface area contributed by atoms with Gasteiger partial charge in [-0.25, -0.2) is 4.79 Å². The van der Waals surface area contributed by atoms with E-state index in [1.165, 1.54) is 0 Å². The molecule has 0 aromatic heterocycles. The number of allylic oxidation sites excluding steroid dienone is 1. The maximum absolute atomic E-state index is 11.4. The molecule has 4 heteroatoms. The Kier molecular flexibility index (Phi) is 2.74. The molecule has 4 atom stereocenters. The van der Waals surface area contributed by atoms with Gasteiger partial charge in [-0.2, -0.15) is 0 Å². The molecule has 0 spiro atoms. The molecule has 1 aliphatic heterocycles. The largest absolute Gasteiger partial charge is 0.478 e. The van der Waals surface area contributed by atoms with E-state index in [1.807, 2.05) is 13.8 Å². The van der Waals surface area contributed by atoms with Crippen LogP contribution >= 0.6 is 0 Å². The highest BCUT2D eigenvalue weighted by molar-refractivity contribution is 5.87. The van der Waals surface area contributed by atoms with Crippen LogP contribution in [0.25, 0.3) is 0 Å². The van der Waals surface area contributed by atoms with E-state index >= 15 is 0 Å². The van der Waals surface area contributed by atoms with E-state index in [0.717, 1.165) is 0 Å². The van der Waals surface area contributed by atoms with E-state index in [9.17, 15) is 9.59 Å². The fourth-order valence-electron chi connectivity index (χ4n) is 2.66. The molecule has 1 saturated heterocycles. The first-order chi connectivity index (χ1) is 7.50. The molecule has 0 saturated carbocycles. The summed E-state index contributed by atoms with van der Waals surface area (Å²) in [6.07, 6.45) is 2.91. The van der Waals surface area contributed by atoms with E-state index in [4.69, 9.17) is 9.84 Å². The van der Waals surface area contributed by atoms with Gasteiger partial charge >= 0.3 is 11.9 Å². The standard InChI is InChI=1S/C12H16O4/c1-6-5-10-9(7(2)12(15)16-10)4-3-8(6)11(13)14/h3,6-7,9-10H,4-5H2,1-2H3,(H,13,14)/t6-,7+,9+,10-/m0/s1. The highest BCUT2D eigenvalue weighted by Gasteiger charge is 2.43. The lowest BCUT2D eigenvalue weighted by Gasteiger charge is -2.17. The molecule has 4 nitrogen and oxygen atoms in total. The van der Waals surface area contributed by atoms with Gasteiger partial charge in [-0.3, -0.25) is 4.79 Å². The summed E-state index contributed by atoms with van der Waals surface area (Å²) in [5, 5.41) is 9.04. The van der Waals surface area contributed by atoms with Crippen molar-refractivity contribution < 1.29 is 19.4 Å². The summed E-state index contributed by atoms with van der Waals surface area (Å²) in [6.45, 7) is 3.73. The van der Waals surface area contributed by atoms with Crippen molar-refractivity contribution >= 4 is 11.9 Å². The monoisotopic (exact) mass is 224 g/mol. The molecule has 88 valence electrons. The summed E-state index contributed by atoms with van der Waals surface area (Å²) in [5.41, 5.74) is 0.456. The molecule has 0 radical (unpaired) electrons. The molecule has 0 aromatic carbocycles. The predicted molar refractivity (Wildman–Crippen MR) is 56.7 cm³/mol. The Balaban J connectivity index is 2.22. The van der Waals surface area contributed by atoms with Gasteiger partial charge in [0.25, 0.3) is 0 Å². The zero-order valence-electron chi connectivity index (χ0n) is 9.47. The van der Waals surface area contributed by atoms with Crippen LogP contribution in [-0.2, 0) is 14.3 Å². The Hall–Kier alpha value is -1.32. The quantitative estimate of drug-likeness (QED) is 0.687. The van der Waals surface area contributed by atoms with Crippen LogP contribution in [0, 0.1) is 17.8 Å². The highest BCUT2D eigenvalue weighted by Crippen LogP contribution is 2.38. The number of carboxylic acids is 1. The van der Waals surface area contributed by atoms with Crippen molar-refractivity contribution in [1.29, 1.82) is 0 Å². The van der Waals surface area contributed by atoms with Gasteiger partial charge in [-0.15, -0.1) is 0 Å². The second-order valence-corrected chi connectivity index (χ2v) is 4.76. The highest BCUT2D eigenvalue weighted by atomic mass is 16.6. The zero-order valence-corrected chi connectivity index (χ0v) is 9.47. The van der Waals surface area contributed by atoms with E-state index in [1.54, 1.807) is 6.08 Å². The Labute approximate surface area is 94.3 Å². The molecule has 1 heterocycles. The average molecular weight is 224 g/mol. The number of aliphatic carboxylic acids is 1. The van der Waals surface area contributed by atoms with Gasteiger partial charge in [-0.05, 0) is 18.8 Å². The summed E-state index contributed by atoms with van der Waals surface area (Å²) in [7, 11) is 0. The summed E-state index contributed by atoms with van der Waals surface area (Å²) in [5.74, 6) is -1.01. The molecule has 1 aliphatic carbocycles. The van der Waals surface area contributed by atoms with E-state index in [-0.39, 0.29) is 29.8 Å². The molecule has 16 heavy (non-hydrogen) atoms. The predicted octanol–water partition coefficient (Wildman–Crippen LogP) is 1.60. The van der Waals surface area contributed by atoms with Gasteiger partial charge < -0.3 is 9.84 Å². The molecular formula is C12H16O4. The van der Waals surface area contributed by atoms with Gasteiger partial charge in [0.15, 0.2) is 0 Å². The number of esters is 1. The maximum Gasteiger partial charge on any atom is 0.331 e. The van der Waals surface area contributed by atoms with Crippen LogP contribution in [0.1, 0.15) is 26.7 Å². The number of hydrogen-bond donors (Lipinski definition) is 1. The topological polar surface area (TPSA) is 63.6 Å². The number of fused-ring (bicyclic) bond motifs is 1. The zero-order chi connectivity index (χ0) is 11.9. The third kappa shape index (κ3) is 1.72. The molecular weight excluding hydrogens is 208 g/mol. The van der Waals surface area contributed by atoms with E-state index < -0.39 is 5.97 Å². The Morgan fingerprint density at radius 1 is 1.50 bits per heavy atom. The number of rotatable bonds is 1. The number of hydrogen-bond acceptors (Lipinski definition) is 3. The number of carboxylic acid groups (broad SMARTS) is 1. The van der Waals surface area contributed by atoms with Crippen LogP contribution < -0.4 is 0 Å². The van der Waals surface area contributed by atoms with Crippen LogP contribution in [0.2, 0.25) is 0 Å². The fraction of sp³-hybridized carbons (Fsp3) is 0.667. The van der Waals surface area contributed by atoms with Crippen LogP contribution in [0.3, 0.4) is 0 Å². The third-order valence-electron chi connectivity index (χ3n) is 3.73. The lowest BCUT2D eigenvalue weighted by atomic mass is 9.87. The van der Waals surface area contributed by atoms with Gasteiger partial charge in [-0.1, -0.05) is 19.9 Å². The van der Waals surface area contributed by atoms with Gasteiger partial charge in [0.1, 0.15) is 6.10 Å². The minimum atomic E-state index is -0.855. The number of carbonyl (C=O) groups excluding carboxylic acids is 1. The van der Waals surface area contributed by atoms with E-state index in [2.05, 4.69) is 0 Å². The maximum atomic E-state index is 11.4. The molecule has 1 N–H and O–H groups in total. The fourth-order valence-corrected chi connectivity index (χ4v) is 2.66. The molecule has 0 bridgehead atoms. The molecule has 2 rings (SSSR count). The van der Waals surface area contributed by atoms with Crippen molar-refractivity contribution in [2.24, 2.45) is 17.8 Å². The van der Waals surface area contributed by atoms with Crippen LogP contribution in [0.5, 0.6) is 0 Å². The van der Waals surface area contributed by atoms with Crippen molar-refractivity contribution in [3.63, 3.8) is 0 Å². The summed E-state index contributed by atoms with van der Waals surface area (Å²) >= 11 is 0. The lowest BCUT2D eigenvalue weighted by molar-refractivity contribution is -0.144. The Morgan fingerprint density at radius 3 is 2.81 bits per heavy atom. The SMILES string of the molecule is C[C@H]1C[C@@H]2OC(=O)[C@H](C)[C@H]2CC=C1C(=O)O. The number of carbonyl (C=O) groups is 2. The Morgan fingerprint density at radius 2 is 2.19 bits per heavy atom. The van der Waals surface area contributed by atoms with Crippen molar-refractivity contribution in [3.05, 3.63) is 11.6 Å². The van der Waals surface area contributed by atoms with Crippen molar-refractivity contribution in [2.75, 3.05) is 0 Å². The molecule has 1 fully saturated rings. The van der Waals surface area contributed by atoms with Crippen molar-refractivity contribution in [3.8, 4) is 0 Å². The summed E-state index contributed by atoms with van der Waals surface area (Å²) in [4.78, 5) is 22.4. The summed E-state index contributed by atoms with van der Waals surface area (Å²) < 4.78 is 5.29. The Bertz CT molecular complexity index is 358. The van der Waals surface area contributed by atoms with Gasteiger partial charge in [0.2, 0.25) is 0 Å².